The zero-order chi connectivity index (χ0) is 29.0. The quantitative estimate of drug-likeness (QED) is 0.229. The zero-order valence-electron chi connectivity index (χ0n) is 21.0. The molecule has 0 fully saturated rings. The number of rotatable bonds is 7. The lowest BCUT2D eigenvalue weighted by Crippen LogP contribution is -2.30. The summed E-state index contributed by atoms with van der Waals surface area (Å²) in [4.78, 5) is 21.0. The Morgan fingerprint density at radius 1 is 1.15 bits per heavy atom. The molecule has 0 atom stereocenters. The number of fused-ring (bicyclic) bond motifs is 2. The van der Waals surface area contributed by atoms with Crippen LogP contribution in [0.5, 0.6) is 0 Å². The van der Waals surface area contributed by atoms with E-state index in [9.17, 15) is 26.4 Å². The van der Waals surface area contributed by atoms with Gasteiger partial charge in [-0.05, 0) is 64.3 Å². The monoisotopic (exact) mass is 635 g/mol. The van der Waals surface area contributed by atoms with Crippen molar-refractivity contribution < 1.29 is 30.8 Å². The van der Waals surface area contributed by atoms with E-state index in [-0.39, 0.29) is 22.7 Å². The number of amides is 1. The Morgan fingerprint density at radius 3 is 2.55 bits per heavy atom. The first-order chi connectivity index (χ1) is 18.8. The molecule has 9 nitrogen and oxygen atoms in total. The van der Waals surface area contributed by atoms with Crippen LogP contribution in [-0.4, -0.2) is 34.4 Å². The molecule has 5 rings (SSSR count). The van der Waals surface area contributed by atoms with Crippen molar-refractivity contribution >= 4 is 59.7 Å². The molecular weight excluding hydrogens is 615 g/mol. The Bertz CT molecular complexity index is 1920. The minimum atomic E-state index is -5.65. The van der Waals surface area contributed by atoms with Crippen molar-refractivity contribution in [3.8, 4) is 11.3 Å². The number of nitrogens with zero attached hydrogens (tertiary/aromatic N) is 3. The first-order valence-corrected chi connectivity index (χ1v) is 14.1. The van der Waals surface area contributed by atoms with Crippen LogP contribution in [0, 0.1) is 6.92 Å². The van der Waals surface area contributed by atoms with Crippen molar-refractivity contribution in [1.29, 1.82) is 0 Å². The number of hydrogen-bond acceptors (Lipinski definition) is 6. The smallest absolute Gasteiger partial charge is 0.455 e. The number of aryl methyl sites for hydroxylation is 2. The van der Waals surface area contributed by atoms with Gasteiger partial charge in [0.15, 0.2) is 11.4 Å². The minimum Gasteiger partial charge on any atom is -0.455 e. The normalized spacial score (nSPS) is 12.3. The van der Waals surface area contributed by atoms with Gasteiger partial charge in [0.25, 0.3) is 5.91 Å². The van der Waals surface area contributed by atoms with Crippen molar-refractivity contribution in [2.24, 2.45) is 5.73 Å². The number of para-hydroxylation sites is 1. The van der Waals surface area contributed by atoms with E-state index in [4.69, 9.17) is 15.1 Å². The third kappa shape index (κ3) is 4.81. The molecule has 0 unspecified atom stereocenters. The number of pyridine rings is 1. The summed E-state index contributed by atoms with van der Waals surface area (Å²) < 4.78 is 72.5. The molecule has 0 spiro atoms. The SMILES string of the molecule is CCc1nc2c(C)cc(C(N)=O)nc2n1Cc1ccc2oc(-c3ccccc3NS(=O)(=O)C(F)(F)F)c(Br)c2c1. The number of anilines is 1. The van der Waals surface area contributed by atoms with Crippen molar-refractivity contribution in [2.45, 2.75) is 32.3 Å². The van der Waals surface area contributed by atoms with Crippen LogP contribution >= 0.6 is 15.9 Å². The molecule has 0 saturated heterocycles. The lowest BCUT2D eigenvalue weighted by atomic mass is 10.1. The van der Waals surface area contributed by atoms with Crippen LogP contribution in [0.1, 0.15) is 34.4 Å². The highest BCUT2D eigenvalue weighted by Crippen LogP contribution is 2.42. The van der Waals surface area contributed by atoms with Gasteiger partial charge in [0.1, 0.15) is 22.6 Å². The number of primary amides is 1. The summed E-state index contributed by atoms with van der Waals surface area (Å²) in [5.74, 6) is 0.258. The topological polar surface area (TPSA) is 133 Å². The average Bonchev–Trinajstić information content (AvgIpc) is 3.41. The van der Waals surface area contributed by atoms with Gasteiger partial charge in [0.2, 0.25) is 0 Å². The molecule has 0 bridgehead atoms. The number of alkyl halides is 3. The number of hydrogen-bond donors (Lipinski definition) is 2. The highest BCUT2D eigenvalue weighted by atomic mass is 79.9. The van der Waals surface area contributed by atoms with E-state index in [2.05, 4.69) is 20.9 Å². The molecule has 3 aromatic heterocycles. The first kappa shape index (κ1) is 27.6. The number of aromatic nitrogens is 3. The Hall–Kier alpha value is -3.91. The van der Waals surface area contributed by atoms with Gasteiger partial charge in [0, 0.05) is 17.4 Å². The largest absolute Gasteiger partial charge is 0.516 e. The Morgan fingerprint density at radius 2 is 1.88 bits per heavy atom. The number of carbonyl (C=O) groups excluding carboxylic acids is 1. The molecular formula is C26H21BrF3N5O4S. The van der Waals surface area contributed by atoms with Crippen LogP contribution in [0.25, 0.3) is 33.5 Å². The van der Waals surface area contributed by atoms with E-state index in [1.165, 1.54) is 18.2 Å². The summed E-state index contributed by atoms with van der Waals surface area (Å²) in [5.41, 5.74) is 3.14. The fourth-order valence-corrected chi connectivity index (χ4v) is 5.58. The van der Waals surface area contributed by atoms with Gasteiger partial charge in [-0.15, -0.1) is 0 Å². The van der Waals surface area contributed by atoms with E-state index in [0.717, 1.165) is 17.0 Å². The number of nitrogens with one attached hydrogen (secondary N) is 1. The number of nitrogens with two attached hydrogens (primary N) is 1. The zero-order valence-corrected chi connectivity index (χ0v) is 23.4. The highest BCUT2D eigenvalue weighted by Gasteiger charge is 2.46. The van der Waals surface area contributed by atoms with Gasteiger partial charge < -0.3 is 14.7 Å². The van der Waals surface area contributed by atoms with Crippen LogP contribution < -0.4 is 10.5 Å². The van der Waals surface area contributed by atoms with Gasteiger partial charge in [-0.3, -0.25) is 9.52 Å². The van der Waals surface area contributed by atoms with Crippen LogP contribution in [0.2, 0.25) is 0 Å². The number of carbonyl (C=O) groups is 1. The molecule has 14 heteroatoms. The van der Waals surface area contributed by atoms with Crippen molar-refractivity contribution in [3.63, 3.8) is 0 Å². The van der Waals surface area contributed by atoms with E-state index < -0.39 is 21.4 Å². The number of sulfonamides is 1. The Balaban J connectivity index is 1.58. The van der Waals surface area contributed by atoms with Gasteiger partial charge in [0.05, 0.1) is 16.7 Å². The first-order valence-electron chi connectivity index (χ1n) is 11.9. The third-order valence-corrected chi connectivity index (χ3v) is 8.18. The highest BCUT2D eigenvalue weighted by molar-refractivity contribution is 9.10. The van der Waals surface area contributed by atoms with Crippen LogP contribution in [0.4, 0.5) is 18.9 Å². The maximum atomic E-state index is 13.0. The third-order valence-electron chi connectivity index (χ3n) is 6.29. The van der Waals surface area contributed by atoms with Gasteiger partial charge >= 0.3 is 15.5 Å². The average molecular weight is 636 g/mol. The fraction of sp³-hybridized carbons (Fsp3) is 0.192. The summed E-state index contributed by atoms with van der Waals surface area (Å²) in [6.45, 7) is 4.13. The Labute approximate surface area is 234 Å². The maximum absolute atomic E-state index is 13.0. The second kappa shape index (κ2) is 9.93. The molecule has 0 aliphatic heterocycles. The molecule has 3 heterocycles. The lowest BCUT2D eigenvalue weighted by Gasteiger charge is -2.13. The molecule has 0 aliphatic rings. The second-order valence-corrected chi connectivity index (χ2v) is 11.5. The van der Waals surface area contributed by atoms with Gasteiger partial charge in [-0.1, -0.05) is 25.1 Å². The standard InChI is InChI=1S/C26H21BrF3N5O4S/c1-3-20-33-22-13(2)10-18(24(31)36)32-25(22)35(20)12-14-8-9-19-16(11-14)21(27)23(39-19)15-6-4-5-7-17(15)34-40(37,38)26(28,29)30/h4-11,34H,3,12H2,1-2H3,(H2,31,36). The molecule has 2 aromatic carbocycles. The molecule has 1 amide bonds. The summed E-state index contributed by atoms with van der Waals surface area (Å²) in [6, 6.07) is 12.6. The molecule has 0 aliphatic carbocycles. The molecule has 0 saturated carbocycles. The van der Waals surface area contributed by atoms with Crippen molar-refractivity contribution in [1.82, 2.24) is 14.5 Å². The summed E-state index contributed by atoms with van der Waals surface area (Å²) in [7, 11) is -5.65. The second-order valence-electron chi connectivity index (χ2n) is 9.00. The predicted molar refractivity (Wildman–Crippen MR) is 147 cm³/mol. The number of imidazole rings is 1. The van der Waals surface area contributed by atoms with Gasteiger partial charge in [-0.25, -0.2) is 9.97 Å². The molecule has 3 N–H and O–H groups in total. The van der Waals surface area contributed by atoms with Crippen LogP contribution in [0.15, 0.2) is 57.4 Å². The number of furan rings is 1. The van der Waals surface area contributed by atoms with E-state index in [1.54, 1.807) is 22.9 Å². The fourth-order valence-electron chi connectivity index (χ4n) is 4.39. The summed E-state index contributed by atoms with van der Waals surface area (Å²) in [6.07, 6.45) is 0.605. The molecule has 5 aromatic rings. The minimum absolute atomic E-state index is 0.118. The van der Waals surface area contributed by atoms with Crippen LogP contribution in [0.3, 0.4) is 0 Å². The Kier molecular flexibility index (Phi) is 6.86. The van der Waals surface area contributed by atoms with E-state index in [1.807, 2.05) is 30.5 Å². The summed E-state index contributed by atoms with van der Waals surface area (Å²) in [5, 5.41) is 0.616. The maximum Gasteiger partial charge on any atom is 0.516 e. The molecule has 0 radical (unpaired) electrons. The van der Waals surface area contributed by atoms with E-state index >= 15 is 0 Å². The van der Waals surface area contributed by atoms with Crippen LogP contribution in [-0.2, 0) is 23.0 Å². The van der Waals surface area contributed by atoms with E-state index in [0.29, 0.717) is 39.6 Å². The van der Waals surface area contributed by atoms with Gasteiger partial charge in [-0.2, -0.15) is 21.6 Å². The lowest BCUT2D eigenvalue weighted by molar-refractivity contribution is -0.0429. The molecule has 208 valence electrons. The predicted octanol–water partition coefficient (Wildman–Crippen LogP) is 5.89. The summed E-state index contributed by atoms with van der Waals surface area (Å²) >= 11 is 3.48. The van der Waals surface area contributed by atoms with Crippen molar-refractivity contribution in [2.75, 3.05) is 4.72 Å². The van der Waals surface area contributed by atoms with Crippen molar-refractivity contribution in [3.05, 3.63) is 75.6 Å². The number of benzene rings is 2. The molecule has 40 heavy (non-hydrogen) atoms. The number of halogens is 4.